The quantitative estimate of drug-likeness (QED) is 0.446. The van der Waals surface area contributed by atoms with Crippen LogP contribution in [0.15, 0.2) is 11.1 Å². The maximum Gasteiger partial charge on any atom is 0.323 e. The number of nitrogens with two attached hydrogens (primary N) is 2. The highest BCUT2D eigenvalue weighted by molar-refractivity contribution is 5.85. The van der Waals surface area contributed by atoms with Crippen LogP contribution in [0.3, 0.4) is 0 Å². The smallest absolute Gasteiger partial charge is 0.323 e. The van der Waals surface area contributed by atoms with Crippen LogP contribution in [0.1, 0.15) is 13.8 Å². The number of aromatic nitrogens is 4. The number of fused-ring (bicyclic) bond motifs is 1. The zero-order chi connectivity index (χ0) is 17.0. The SMILES string of the molecule is CC(C)[C@@H](N)C(=O)OCCOCn1cnc2c(=O)[nH]c(N)nc21.Cl. The van der Waals surface area contributed by atoms with Crippen LogP contribution < -0.4 is 17.0 Å². The number of aromatic amines is 1. The number of hydrogen-bond acceptors (Lipinski definition) is 8. The van der Waals surface area contributed by atoms with E-state index >= 15 is 0 Å². The molecule has 0 saturated carbocycles. The summed E-state index contributed by atoms with van der Waals surface area (Å²) in [6.07, 6.45) is 1.42. The molecule has 0 aromatic carbocycles. The minimum absolute atomic E-state index is 0. The van der Waals surface area contributed by atoms with Gasteiger partial charge in [0.2, 0.25) is 5.95 Å². The van der Waals surface area contributed by atoms with Gasteiger partial charge in [-0.05, 0) is 5.92 Å². The third-order valence-electron chi connectivity index (χ3n) is 3.19. The number of halogens is 1. The van der Waals surface area contributed by atoms with Crippen molar-refractivity contribution in [2.75, 3.05) is 18.9 Å². The van der Waals surface area contributed by atoms with Crippen molar-refractivity contribution in [3.05, 3.63) is 16.7 Å². The van der Waals surface area contributed by atoms with Gasteiger partial charge in [-0.25, -0.2) is 4.98 Å². The van der Waals surface area contributed by atoms with Gasteiger partial charge in [0.15, 0.2) is 11.2 Å². The van der Waals surface area contributed by atoms with Gasteiger partial charge < -0.3 is 20.9 Å². The molecule has 0 aliphatic carbocycles. The summed E-state index contributed by atoms with van der Waals surface area (Å²) in [6.45, 7) is 4.04. The van der Waals surface area contributed by atoms with Crippen molar-refractivity contribution in [1.82, 2.24) is 19.5 Å². The number of nitrogens with zero attached hydrogens (tertiary/aromatic N) is 3. The molecule has 0 bridgehead atoms. The molecule has 2 aromatic rings. The zero-order valence-corrected chi connectivity index (χ0v) is 14.2. The molecule has 0 unspecified atom stereocenters. The number of H-pyrrole nitrogens is 1. The van der Waals surface area contributed by atoms with Crippen molar-refractivity contribution < 1.29 is 14.3 Å². The maximum absolute atomic E-state index is 11.6. The lowest BCUT2D eigenvalue weighted by molar-refractivity contribution is -0.148. The van der Waals surface area contributed by atoms with Gasteiger partial charge in [-0.2, -0.15) is 4.98 Å². The minimum atomic E-state index is -0.647. The summed E-state index contributed by atoms with van der Waals surface area (Å²) < 4.78 is 11.9. The fourth-order valence-corrected chi connectivity index (χ4v) is 1.80. The molecule has 2 heterocycles. The first-order valence-electron chi connectivity index (χ1n) is 7.10. The molecule has 134 valence electrons. The average Bonchev–Trinajstić information content (AvgIpc) is 2.89. The second-order valence-corrected chi connectivity index (χ2v) is 5.31. The monoisotopic (exact) mass is 360 g/mol. The molecule has 0 aliphatic heterocycles. The number of anilines is 1. The lowest BCUT2D eigenvalue weighted by Gasteiger charge is -2.14. The van der Waals surface area contributed by atoms with Gasteiger partial charge in [0.05, 0.1) is 12.9 Å². The van der Waals surface area contributed by atoms with Crippen LogP contribution in [0.5, 0.6) is 0 Å². The highest BCUT2D eigenvalue weighted by Crippen LogP contribution is 2.06. The molecule has 11 heteroatoms. The fourth-order valence-electron chi connectivity index (χ4n) is 1.80. The maximum atomic E-state index is 11.6. The molecule has 5 N–H and O–H groups in total. The average molecular weight is 361 g/mol. The van der Waals surface area contributed by atoms with Gasteiger partial charge in [-0.1, -0.05) is 13.8 Å². The minimum Gasteiger partial charge on any atom is -0.462 e. The predicted octanol–water partition coefficient (Wildman–Crippen LogP) is -0.376. The number of imidazole rings is 1. The van der Waals surface area contributed by atoms with Crippen LogP contribution in [-0.2, 0) is 21.0 Å². The van der Waals surface area contributed by atoms with E-state index in [1.807, 2.05) is 13.8 Å². The summed E-state index contributed by atoms with van der Waals surface area (Å²) in [6, 6.07) is -0.647. The Kier molecular flexibility index (Phi) is 7.14. The van der Waals surface area contributed by atoms with E-state index in [1.54, 1.807) is 0 Å². The van der Waals surface area contributed by atoms with E-state index in [2.05, 4.69) is 15.0 Å². The Morgan fingerprint density at radius 2 is 2.12 bits per heavy atom. The normalized spacial score (nSPS) is 12.2. The first kappa shape index (κ1) is 19.9. The number of nitrogen functional groups attached to an aromatic ring is 1. The van der Waals surface area contributed by atoms with E-state index in [0.717, 1.165) is 0 Å². The summed E-state index contributed by atoms with van der Waals surface area (Å²) >= 11 is 0. The Bertz CT molecular complexity index is 744. The molecule has 2 aromatic heterocycles. The van der Waals surface area contributed by atoms with Crippen LogP contribution in [0.4, 0.5) is 5.95 Å². The number of esters is 1. The molecule has 1 atom stereocenters. The highest BCUT2D eigenvalue weighted by atomic mass is 35.5. The van der Waals surface area contributed by atoms with Crippen LogP contribution in [0.2, 0.25) is 0 Å². The van der Waals surface area contributed by atoms with Crippen molar-refractivity contribution >= 4 is 35.5 Å². The first-order valence-corrected chi connectivity index (χ1v) is 7.10. The lowest BCUT2D eigenvalue weighted by Crippen LogP contribution is -2.37. The van der Waals surface area contributed by atoms with E-state index in [9.17, 15) is 9.59 Å². The molecule has 0 fully saturated rings. The lowest BCUT2D eigenvalue weighted by atomic mass is 10.1. The molecule has 2 rings (SSSR count). The van der Waals surface area contributed by atoms with Gasteiger partial charge in [-0.3, -0.25) is 19.1 Å². The highest BCUT2D eigenvalue weighted by Gasteiger charge is 2.18. The summed E-state index contributed by atoms with van der Waals surface area (Å²) in [7, 11) is 0. The standard InChI is InChI=1S/C13H20N6O4.ClH/c1-7(2)8(14)12(21)23-4-3-22-6-19-5-16-9-10(19)17-13(15)18-11(9)20;/h5,7-8H,3-4,6,14H2,1-2H3,(H3,15,17,18,20);1H/t8-;/m1./s1. The van der Waals surface area contributed by atoms with Gasteiger partial charge in [0.25, 0.3) is 5.56 Å². The molecule has 0 saturated heterocycles. The Hall–Kier alpha value is -2.17. The summed E-state index contributed by atoms with van der Waals surface area (Å²) in [5, 5.41) is 0. The Balaban J connectivity index is 0.00000288. The summed E-state index contributed by atoms with van der Waals surface area (Å²) in [5.41, 5.74) is 11.2. The van der Waals surface area contributed by atoms with E-state index < -0.39 is 17.6 Å². The fraction of sp³-hybridized carbons (Fsp3) is 0.538. The number of hydrogen-bond donors (Lipinski definition) is 3. The molecule has 24 heavy (non-hydrogen) atoms. The van der Waals surface area contributed by atoms with Crippen molar-refractivity contribution in [3.8, 4) is 0 Å². The molecular weight excluding hydrogens is 340 g/mol. The van der Waals surface area contributed by atoms with E-state index in [0.29, 0.717) is 5.65 Å². The number of carbonyl (C=O) groups is 1. The summed E-state index contributed by atoms with van der Waals surface area (Å²) in [4.78, 5) is 33.5. The Morgan fingerprint density at radius 1 is 1.42 bits per heavy atom. The number of rotatable bonds is 7. The van der Waals surface area contributed by atoms with Crippen LogP contribution in [-0.4, -0.2) is 44.7 Å². The van der Waals surface area contributed by atoms with E-state index in [1.165, 1.54) is 10.9 Å². The van der Waals surface area contributed by atoms with E-state index in [4.69, 9.17) is 20.9 Å². The molecule has 10 nitrogen and oxygen atoms in total. The van der Waals surface area contributed by atoms with Crippen LogP contribution >= 0.6 is 12.4 Å². The van der Waals surface area contributed by atoms with E-state index in [-0.39, 0.29) is 49.7 Å². The number of ether oxygens (including phenoxy) is 2. The molecule has 0 radical (unpaired) electrons. The number of nitrogens with one attached hydrogen (secondary N) is 1. The predicted molar refractivity (Wildman–Crippen MR) is 89.5 cm³/mol. The Labute approximate surface area is 143 Å². The van der Waals surface area contributed by atoms with Crippen molar-refractivity contribution in [2.24, 2.45) is 11.7 Å². The van der Waals surface area contributed by atoms with Crippen LogP contribution in [0.25, 0.3) is 11.2 Å². The Morgan fingerprint density at radius 3 is 2.79 bits per heavy atom. The van der Waals surface area contributed by atoms with Crippen molar-refractivity contribution in [2.45, 2.75) is 26.6 Å². The van der Waals surface area contributed by atoms with Gasteiger partial charge in [0, 0.05) is 0 Å². The topological polar surface area (TPSA) is 151 Å². The van der Waals surface area contributed by atoms with Crippen LogP contribution in [0, 0.1) is 5.92 Å². The molecule has 0 aliphatic rings. The molecule has 0 amide bonds. The molecule has 0 spiro atoms. The molecular formula is C13H21ClN6O4. The zero-order valence-electron chi connectivity index (χ0n) is 13.4. The number of carbonyl (C=O) groups excluding carboxylic acids is 1. The van der Waals surface area contributed by atoms with Gasteiger partial charge in [0.1, 0.15) is 19.4 Å². The van der Waals surface area contributed by atoms with Gasteiger partial charge in [-0.15, -0.1) is 12.4 Å². The first-order chi connectivity index (χ1) is 10.9. The largest absolute Gasteiger partial charge is 0.462 e. The third-order valence-corrected chi connectivity index (χ3v) is 3.19. The third kappa shape index (κ3) is 4.66. The van der Waals surface area contributed by atoms with Crippen molar-refractivity contribution in [3.63, 3.8) is 0 Å². The summed E-state index contributed by atoms with van der Waals surface area (Å²) in [5.74, 6) is -0.450. The van der Waals surface area contributed by atoms with Gasteiger partial charge >= 0.3 is 5.97 Å². The van der Waals surface area contributed by atoms with Crippen molar-refractivity contribution in [1.29, 1.82) is 0 Å². The second-order valence-electron chi connectivity index (χ2n) is 5.31. The second kappa shape index (κ2) is 8.62.